The number of hydrogen-bond donors (Lipinski definition) is 2. The molecule has 2 aromatic carbocycles. The molecule has 166 valence electrons. The molecular weight excluding hydrogens is 410 g/mol. The number of fused-ring (bicyclic) bond motifs is 1. The van der Waals surface area contributed by atoms with Gasteiger partial charge in [-0.15, -0.1) is 0 Å². The molecule has 2 aliphatic rings. The second-order valence-corrected chi connectivity index (χ2v) is 8.11. The summed E-state index contributed by atoms with van der Waals surface area (Å²) >= 11 is 0. The molecule has 32 heavy (non-hydrogen) atoms. The zero-order valence-electron chi connectivity index (χ0n) is 18.2. The van der Waals surface area contributed by atoms with E-state index in [-0.39, 0.29) is 29.3 Å². The van der Waals surface area contributed by atoms with Crippen molar-refractivity contribution < 1.29 is 23.9 Å². The van der Waals surface area contributed by atoms with E-state index in [1.807, 2.05) is 13.8 Å². The molecule has 2 aliphatic heterocycles. The van der Waals surface area contributed by atoms with Crippen LogP contribution in [0.5, 0.6) is 11.5 Å². The lowest BCUT2D eigenvalue weighted by molar-refractivity contribution is -0.137. The maximum Gasteiger partial charge on any atom is 0.278 e. The molecule has 4 rings (SSSR count). The van der Waals surface area contributed by atoms with Crippen LogP contribution in [0.3, 0.4) is 0 Å². The van der Waals surface area contributed by atoms with Crippen molar-refractivity contribution in [1.29, 1.82) is 0 Å². The Hall–Kier alpha value is -3.81. The molecule has 2 heterocycles. The summed E-state index contributed by atoms with van der Waals surface area (Å²) in [6.45, 7) is 6.58. The highest BCUT2D eigenvalue weighted by Crippen LogP contribution is 2.36. The summed E-state index contributed by atoms with van der Waals surface area (Å²) in [5.41, 5.74) is 2.31. The van der Waals surface area contributed by atoms with Crippen molar-refractivity contribution in [3.8, 4) is 11.5 Å². The number of hydrogen-bond acceptors (Lipinski definition) is 6. The van der Waals surface area contributed by atoms with Gasteiger partial charge in [-0.25, -0.2) is 0 Å². The first kappa shape index (κ1) is 21.4. The third-order valence-corrected chi connectivity index (χ3v) is 5.02. The lowest BCUT2D eigenvalue weighted by Crippen LogP contribution is -2.35. The van der Waals surface area contributed by atoms with Crippen molar-refractivity contribution in [2.75, 3.05) is 30.4 Å². The maximum absolute atomic E-state index is 13.2. The Balaban J connectivity index is 1.71. The van der Waals surface area contributed by atoms with Gasteiger partial charge in [-0.05, 0) is 35.7 Å². The Bertz CT molecular complexity index is 1110. The Morgan fingerprint density at radius 1 is 0.969 bits per heavy atom. The normalized spacial score (nSPS) is 15.4. The number of amides is 3. The largest absolute Gasteiger partial charge is 0.486 e. The van der Waals surface area contributed by atoms with Gasteiger partial charge in [-0.3, -0.25) is 19.3 Å². The number of benzene rings is 2. The second kappa shape index (κ2) is 8.74. The summed E-state index contributed by atoms with van der Waals surface area (Å²) in [5.74, 6) is 0.433. The van der Waals surface area contributed by atoms with E-state index in [0.717, 1.165) is 0 Å². The summed E-state index contributed by atoms with van der Waals surface area (Å²) in [7, 11) is 0. The first-order valence-corrected chi connectivity index (χ1v) is 10.5. The summed E-state index contributed by atoms with van der Waals surface area (Å²) in [4.78, 5) is 39.0. The van der Waals surface area contributed by atoms with Crippen molar-refractivity contribution >= 4 is 34.7 Å². The second-order valence-electron chi connectivity index (χ2n) is 8.11. The molecule has 0 bridgehead atoms. The van der Waals surface area contributed by atoms with Crippen molar-refractivity contribution in [3.05, 3.63) is 53.7 Å². The van der Waals surface area contributed by atoms with E-state index in [1.165, 1.54) is 11.8 Å². The van der Waals surface area contributed by atoms with Gasteiger partial charge in [0.15, 0.2) is 11.5 Å². The van der Waals surface area contributed by atoms with Gasteiger partial charge in [0, 0.05) is 30.9 Å². The molecule has 0 aliphatic carbocycles. The predicted molar refractivity (Wildman–Crippen MR) is 120 cm³/mol. The van der Waals surface area contributed by atoms with Crippen LogP contribution < -0.4 is 20.1 Å². The number of carbonyl (C=O) groups is 3. The van der Waals surface area contributed by atoms with Crippen LogP contribution in [0.15, 0.2) is 48.2 Å². The highest BCUT2D eigenvalue weighted by Gasteiger charge is 2.39. The lowest BCUT2D eigenvalue weighted by atomic mass is 10.0. The summed E-state index contributed by atoms with van der Waals surface area (Å²) in [6.07, 6.45) is 0. The van der Waals surface area contributed by atoms with E-state index in [4.69, 9.17) is 9.47 Å². The minimum absolute atomic E-state index is 0.125. The standard InChI is InChI=1S/C24H25N3O5/c1-14(2)13-27-23(29)21(16-4-6-17(7-5-16)25-15(3)28)22(24(27)30)26-18-8-9-19-20(12-18)32-11-10-31-19/h4-9,12,14,26H,10-11,13H2,1-3H3,(H,25,28). The molecule has 3 amide bonds. The van der Waals surface area contributed by atoms with Crippen LogP contribution in [-0.2, 0) is 14.4 Å². The van der Waals surface area contributed by atoms with Gasteiger partial charge < -0.3 is 20.1 Å². The molecule has 0 spiro atoms. The minimum Gasteiger partial charge on any atom is -0.486 e. The number of nitrogens with one attached hydrogen (secondary N) is 2. The van der Waals surface area contributed by atoms with Crippen molar-refractivity contribution in [1.82, 2.24) is 4.90 Å². The zero-order valence-corrected chi connectivity index (χ0v) is 18.2. The minimum atomic E-state index is -0.375. The van der Waals surface area contributed by atoms with Crippen molar-refractivity contribution in [2.24, 2.45) is 5.92 Å². The third kappa shape index (κ3) is 4.30. The number of rotatable bonds is 6. The number of anilines is 2. The van der Waals surface area contributed by atoms with Crippen LogP contribution in [0.2, 0.25) is 0 Å². The highest BCUT2D eigenvalue weighted by molar-refractivity contribution is 6.36. The molecule has 0 unspecified atom stereocenters. The molecule has 0 atom stereocenters. The SMILES string of the molecule is CC(=O)Nc1ccc(C2=C(Nc3ccc4c(c3)OCCO4)C(=O)N(CC(C)C)C2=O)cc1. The smallest absolute Gasteiger partial charge is 0.278 e. The monoisotopic (exact) mass is 435 g/mol. The van der Waals surface area contributed by atoms with Crippen LogP contribution in [0.25, 0.3) is 5.57 Å². The van der Waals surface area contributed by atoms with E-state index in [0.29, 0.717) is 53.8 Å². The molecule has 8 nitrogen and oxygen atoms in total. The van der Waals surface area contributed by atoms with Crippen molar-refractivity contribution in [2.45, 2.75) is 20.8 Å². The molecule has 0 saturated carbocycles. The summed E-state index contributed by atoms with van der Waals surface area (Å²) < 4.78 is 11.2. The number of ether oxygens (including phenoxy) is 2. The van der Waals surface area contributed by atoms with Gasteiger partial charge >= 0.3 is 0 Å². The Morgan fingerprint density at radius 2 is 1.62 bits per heavy atom. The van der Waals surface area contributed by atoms with Gasteiger partial charge in [0.05, 0.1) is 5.57 Å². The average molecular weight is 435 g/mol. The number of carbonyl (C=O) groups excluding carboxylic acids is 3. The van der Waals surface area contributed by atoms with Crippen LogP contribution >= 0.6 is 0 Å². The third-order valence-electron chi connectivity index (χ3n) is 5.02. The maximum atomic E-state index is 13.2. The molecule has 0 aromatic heterocycles. The van der Waals surface area contributed by atoms with Crippen molar-refractivity contribution in [3.63, 3.8) is 0 Å². The molecule has 0 radical (unpaired) electrons. The summed E-state index contributed by atoms with van der Waals surface area (Å²) in [5, 5.41) is 5.83. The fourth-order valence-electron chi connectivity index (χ4n) is 3.68. The van der Waals surface area contributed by atoms with E-state index in [9.17, 15) is 14.4 Å². The van der Waals surface area contributed by atoms with E-state index >= 15 is 0 Å². The fourth-order valence-corrected chi connectivity index (χ4v) is 3.68. The lowest BCUT2D eigenvalue weighted by Gasteiger charge is -2.20. The van der Waals surface area contributed by atoms with Gasteiger partial charge in [0.25, 0.3) is 11.8 Å². The van der Waals surface area contributed by atoms with Gasteiger partial charge in [-0.1, -0.05) is 26.0 Å². The van der Waals surface area contributed by atoms with Gasteiger partial charge in [0.2, 0.25) is 5.91 Å². The topological polar surface area (TPSA) is 97.0 Å². The molecular formula is C24H25N3O5. The van der Waals surface area contributed by atoms with Crippen LogP contribution in [-0.4, -0.2) is 42.4 Å². The quantitative estimate of drug-likeness (QED) is 0.676. The molecule has 2 N–H and O–H groups in total. The van der Waals surface area contributed by atoms with E-state index in [2.05, 4.69) is 10.6 Å². The number of nitrogens with zero attached hydrogens (tertiary/aromatic N) is 1. The molecule has 8 heteroatoms. The Labute approximate surface area is 186 Å². The fraction of sp³-hybridized carbons (Fsp3) is 0.292. The van der Waals surface area contributed by atoms with Gasteiger partial charge in [0.1, 0.15) is 18.9 Å². The first-order valence-electron chi connectivity index (χ1n) is 10.5. The molecule has 2 aromatic rings. The van der Waals surface area contributed by atoms with Gasteiger partial charge in [-0.2, -0.15) is 0 Å². The van der Waals surface area contributed by atoms with Crippen LogP contribution in [0, 0.1) is 5.92 Å². The molecule has 0 fully saturated rings. The van der Waals surface area contributed by atoms with E-state index < -0.39 is 0 Å². The van der Waals surface area contributed by atoms with Crippen LogP contribution in [0.1, 0.15) is 26.3 Å². The Morgan fingerprint density at radius 3 is 2.28 bits per heavy atom. The molecule has 0 saturated heterocycles. The Kier molecular flexibility index (Phi) is 5.85. The van der Waals surface area contributed by atoms with Crippen LogP contribution in [0.4, 0.5) is 11.4 Å². The van der Waals surface area contributed by atoms with E-state index in [1.54, 1.807) is 42.5 Å². The average Bonchev–Trinajstić information content (AvgIpc) is 2.98. The first-order chi connectivity index (χ1) is 15.3. The zero-order chi connectivity index (χ0) is 22.8. The summed E-state index contributed by atoms with van der Waals surface area (Å²) in [6, 6.07) is 12.1. The highest BCUT2D eigenvalue weighted by atomic mass is 16.6. The predicted octanol–water partition coefficient (Wildman–Crippen LogP) is 3.26. The number of imide groups is 1.